The van der Waals surface area contributed by atoms with Crippen LogP contribution in [-0.2, 0) is 16.6 Å². The molecule has 0 amide bonds. The smallest absolute Gasteiger partial charge is 0.417 e. The molecule has 0 aliphatic heterocycles. The zero-order valence-electron chi connectivity index (χ0n) is 17.3. The van der Waals surface area contributed by atoms with Gasteiger partial charge in [0.05, 0.1) is 15.6 Å². The summed E-state index contributed by atoms with van der Waals surface area (Å²) in [5.74, 6) is -1.01. The minimum atomic E-state index is -4.64. The summed E-state index contributed by atoms with van der Waals surface area (Å²) in [5.41, 5.74) is -3.03. The van der Waals surface area contributed by atoms with Crippen LogP contribution in [0.15, 0.2) is 54.7 Å². The van der Waals surface area contributed by atoms with Crippen molar-refractivity contribution in [2.75, 3.05) is 0 Å². The van der Waals surface area contributed by atoms with E-state index < -0.39 is 28.1 Å². The fourth-order valence-corrected chi connectivity index (χ4v) is 3.44. The number of hydrogen-bond donors (Lipinski definition) is 0. The van der Waals surface area contributed by atoms with E-state index in [0.29, 0.717) is 12.3 Å². The van der Waals surface area contributed by atoms with E-state index in [2.05, 4.69) is 4.98 Å². The first-order chi connectivity index (χ1) is 16.0. The molecule has 0 fully saturated rings. The Labute approximate surface area is 207 Å². The Balaban J connectivity index is 2.04. The van der Waals surface area contributed by atoms with Crippen molar-refractivity contribution >= 4 is 40.6 Å². The number of carbonyl (C=O) groups excluding carboxylic acids is 1. The molecule has 0 N–H and O–H groups in total. The molecule has 34 heavy (non-hydrogen) atoms. The average molecular weight is 530 g/mol. The Morgan fingerprint density at radius 1 is 1.00 bits per heavy atom. The van der Waals surface area contributed by atoms with E-state index in [1.807, 2.05) is 6.07 Å². The van der Waals surface area contributed by atoms with Crippen molar-refractivity contribution in [3.63, 3.8) is 0 Å². The average Bonchev–Trinajstić information content (AvgIpc) is 2.80. The van der Waals surface area contributed by atoms with Crippen LogP contribution in [-0.4, -0.2) is 10.8 Å². The lowest BCUT2D eigenvalue weighted by Crippen LogP contribution is -2.40. The maximum Gasteiger partial charge on any atom is 0.417 e. The molecule has 1 heterocycles. The van der Waals surface area contributed by atoms with Crippen LogP contribution in [0, 0.1) is 11.3 Å². The zero-order chi connectivity index (χ0) is 25.1. The molecule has 5 nitrogen and oxygen atoms in total. The van der Waals surface area contributed by atoms with Crippen LogP contribution in [0.5, 0.6) is 17.4 Å². The first-order valence-electron chi connectivity index (χ1n) is 9.60. The Kier molecular flexibility index (Phi) is 7.61. The predicted molar refractivity (Wildman–Crippen MR) is 120 cm³/mol. The van der Waals surface area contributed by atoms with Gasteiger partial charge in [0.2, 0.25) is 5.88 Å². The minimum absolute atomic E-state index is 0.0414. The third-order valence-electron chi connectivity index (χ3n) is 4.65. The number of alkyl halides is 3. The van der Waals surface area contributed by atoms with Gasteiger partial charge in [-0.2, -0.15) is 18.4 Å². The number of benzene rings is 2. The van der Waals surface area contributed by atoms with Gasteiger partial charge in [-0.25, -0.2) is 4.98 Å². The van der Waals surface area contributed by atoms with E-state index in [1.165, 1.54) is 30.3 Å². The highest BCUT2D eigenvalue weighted by atomic mass is 35.5. The molecule has 1 atom stereocenters. The SMILES string of the molecule is CCC(=O)C(C#N)(Oc1ccccc1Oc1ncc(C(F)(F)F)cc1Cl)c1ccc(Cl)c(Cl)c1. The molecule has 0 radical (unpaired) electrons. The molecule has 3 rings (SSSR count). The summed E-state index contributed by atoms with van der Waals surface area (Å²) in [4.78, 5) is 16.6. The van der Waals surface area contributed by atoms with E-state index in [0.717, 1.165) is 0 Å². The first-order valence-corrected chi connectivity index (χ1v) is 10.7. The Hall–Kier alpha value is -2.99. The molecule has 0 spiro atoms. The van der Waals surface area contributed by atoms with Gasteiger partial charge < -0.3 is 9.47 Å². The lowest BCUT2D eigenvalue weighted by molar-refractivity contribution is -0.137. The number of pyridine rings is 1. The molecule has 1 unspecified atom stereocenters. The molecule has 3 aromatic rings. The predicted octanol–water partition coefficient (Wildman–Crippen LogP) is 7.63. The number of rotatable bonds is 7. The van der Waals surface area contributed by atoms with Gasteiger partial charge in [0, 0.05) is 18.2 Å². The lowest BCUT2D eigenvalue weighted by atomic mass is 9.89. The lowest BCUT2D eigenvalue weighted by Gasteiger charge is -2.27. The Bertz CT molecular complexity index is 1280. The van der Waals surface area contributed by atoms with Crippen LogP contribution < -0.4 is 9.47 Å². The third kappa shape index (κ3) is 5.22. The molecular formula is C23H14Cl3F3N2O3. The quantitative estimate of drug-likeness (QED) is 0.315. The molecule has 0 aliphatic carbocycles. The standard InChI is InChI=1S/C23H14Cl3F3N2O3/c1-2-20(32)22(12-30,13-7-8-15(24)16(25)9-13)34-19-6-4-3-5-18(19)33-21-17(26)10-14(11-31-21)23(27,28)29/h3-11H,2H2,1H3. The van der Waals surface area contributed by atoms with Crippen molar-refractivity contribution in [3.8, 4) is 23.4 Å². The minimum Gasteiger partial charge on any atom is -0.457 e. The summed E-state index contributed by atoms with van der Waals surface area (Å²) in [6, 6.07) is 12.7. The third-order valence-corrected chi connectivity index (χ3v) is 5.66. The topological polar surface area (TPSA) is 72.2 Å². The van der Waals surface area contributed by atoms with Crippen molar-refractivity contribution in [2.45, 2.75) is 25.1 Å². The van der Waals surface area contributed by atoms with Gasteiger partial charge in [-0.15, -0.1) is 0 Å². The van der Waals surface area contributed by atoms with Crippen molar-refractivity contribution in [3.05, 3.63) is 80.9 Å². The number of ether oxygens (including phenoxy) is 2. The summed E-state index contributed by atoms with van der Waals surface area (Å²) < 4.78 is 50.2. The molecular weight excluding hydrogens is 516 g/mol. The van der Waals surface area contributed by atoms with Crippen molar-refractivity contribution in [2.24, 2.45) is 0 Å². The highest BCUT2D eigenvalue weighted by Gasteiger charge is 2.43. The van der Waals surface area contributed by atoms with Gasteiger partial charge in [0.25, 0.3) is 5.60 Å². The Morgan fingerprint density at radius 3 is 2.21 bits per heavy atom. The van der Waals surface area contributed by atoms with Gasteiger partial charge in [-0.1, -0.05) is 59.9 Å². The number of nitriles is 1. The van der Waals surface area contributed by atoms with E-state index in [1.54, 1.807) is 19.1 Å². The largest absolute Gasteiger partial charge is 0.457 e. The summed E-state index contributed by atoms with van der Waals surface area (Å²) in [6.07, 6.45) is -4.12. The number of nitrogens with zero attached hydrogens (tertiary/aromatic N) is 2. The molecule has 176 valence electrons. The molecule has 2 aromatic carbocycles. The molecule has 0 saturated carbocycles. The summed E-state index contributed by atoms with van der Waals surface area (Å²) in [5, 5.41) is 9.96. The fourth-order valence-electron chi connectivity index (χ4n) is 2.93. The van der Waals surface area contributed by atoms with Gasteiger partial charge in [0.15, 0.2) is 17.3 Å². The Morgan fingerprint density at radius 2 is 1.65 bits per heavy atom. The van der Waals surface area contributed by atoms with E-state index in [-0.39, 0.29) is 39.4 Å². The van der Waals surface area contributed by atoms with Gasteiger partial charge in [0.1, 0.15) is 11.1 Å². The monoisotopic (exact) mass is 528 g/mol. The number of para-hydroxylation sites is 2. The number of ketones is 1. The maximum absolute atomic E-state index is 12.9. The molecule has 0 aliphatic rings. The van der Waals surface area contributed by atoms with Crippen LogP contribution in [0.25, 0.3) is 0 Å². The van der Waals surface area contributed by atoms with Gasteiger partial charge in [-0.3, -0.25) is 4.79 Å². The second kappa shape index (κ2) is 10.1. The van der Waals surface area contributed by atoms with Crippen molar-refractivity contribution in [1.82, 2.24) is 4.98 Å². The molecule has 0 bridgehead atoms. The fraction of sp³-hybridized carbons (Fsp3) is 0.174. The summed E-state index contributed by atoms with van der Waals surface area (Å²) >= 11 is 18.0. The van der Waals surface area contributed by atoms with Crippen LogP contribution in [0.2, 0.25) is 15.1 Å². The highest BCUT2D eigenvalue weighted by molar-refractivity contribution is 6.42. The number of Topliss-reactive ketones (excluding diaryl/α,β-unsaturated/α-hetero) is 1. The van der Waals surface area contributed by atoms with Crippen LogP contribution in [0.3, 0.4) is 0 Å². The van der Waals surface area contributed by atoms with E-state index in [9.17, 15) is 23.2 Å². The second-order valence-corrected chi connectivity index (χ2v) is 8.08. The molecule has 11 heteroatoms. The molecule has 1 aromatic heterocycles. The van der Waals surface area contributed by atoms with Crippen LogP contribution in [0.1, 0.15) is 24.5 Å². The van der Waals surface area contributed by atoms with Gasteiger partial charge >= 0.3 is 6.18 Å². The maximum atomic E-state index is 12.9. The number of carbonyl (C=O) groups is 1. The zero-order valence-corrected chi connectivity index (χ0v) is 19.6. The highest BCUT2D eigenvalue weighted by Crippen LogP contribution is 2.40. The second-order valence-electron chi connectivity index (χ2n) is 6.86. The normalized spacial score (nSPS) is 13.0. The van der Waals surface area contributed by atoms with E-state index in [4.69, 9.17) is 44.3 Å². The van der Waals surface area contributed by atoms with Crippen molar-refractivity contribution in [1.29, 1.82) is 5.26 Å². The molecule has 0 saturated heterocycles. The van der Waals surface area contributed by atoms with Crippen molar-refractivity contribution < 1.29 is 27.4 Å². The number of halogens is 6. The van der Waals surface area contributed by atoms with Gasteiger partial charge in [-0.05, 0) is 30.3 Å². The summed E-state index contributed by atoms with van der Waals surface area (Å²) in [7, 11) is 0. The van der Waals surface area contributed by atoms with E-state index >= 15 is 0 Å². The van der Waals surface area contributed by atoms with Crippen LogP contribution in [0.4, 0.5) is 13.2 Å². The van der Waals surface area contributed by atoms with Crippen LogP contribution >= 0.6 is 34.8 Å². The summed E-state index contributed by atoms with van der Waals surface area (Å²) in [6.45, 7) is 1.56. The first kappa shape index (κ1) is 25.6. The number of hydrogen-bond acceptors (Lipinski definition) is 5. The number of aromatic nitrogens is 1.